The zero-order valence-electron chi connectivity index (χ0n) is 15.7. The van der Waals surface area contributed by atoms with Gasteiger partial charge in [-0.3, -0.25) is 4.79 Å². The van der Waals surface area contributed by atoms with E-state index in [1.807, 2.05) is 37.3 Å². The Balaban J connectivity index is 1.58. The van der Waals surface area contributed by atoms with E-state index in [1.165, 1.54) is 17.1 Å². The van der Waals surface area contributed by atoms with Crippen LogP contribution >= 0.6 is 11.8 Å². The highest BCUT2D eigenvalue weighted by molar-refractivity contribution is 8.00. The third-order valence-corrected chi connectivity index (χ3v) is 5.28. The van der Waals surface area contributed by atoms with Crippen molar-refractivity contribution >= 4 is 28.5 Å². The average Bonchev–Trinajstić information content (AvgIpc) is 2.70. The Morgan fingerprint density at radius 2 is 1.63 bits per heavy atom. The number of aryl methyl sites for hydroxylation is 1. The van der Waals surface area contributed by atoms with Crippen LogP contribution in [0.15, 0.2) is 59.5 Å². The van der Waals surface area contributed by atoms with E-state index in [4.69, 9.17) is 14.2 Å². The second-order valence-corrected chi connectivity index (χ2v) is 7.14. The highest BCUT2D eigenvalue weighted by atomic mass is 32.2. The van der Waals surface area contributed by atoms with Crippen LogP contribution in [-0.4, -0.2) is 25.9 Å². The monoisotopic (exact) mass is 382 g/mol. The van der Waals surface area contributed by atoms with Crippen LogP contribution in [0.1, 0.15) is 11.1 Å². The van der Waals surface area contributed by atoms with Crippen LogP contribution in [-0.2, 0) is 16.1 Å². The predicted octanol–water partition coefficient (Wildman–Crippen LogP) is 5.00. The van der Waals surface area contributed by atoms with Gasteiger partial charge in [-0.15, -0.1) is 11.8 Å². The molecule has 0 fully saturated rings. The molecular weight excluding hydrogens is 360 g/mol. The second-order valence-electron chi connectivity index (χ2n) is 6.09. The zero-order chi connectivity index (χ0) is 19.2. The number of carbonyl (C=O) groups is 1. The zero-order valence-corrected chi connectivity index (χ0v) is 16.5. The van der Waals surface area contributed by atoms with Crippen LogP contribution in [0, 0.1) is 6.92 Å². The minimum absolute atomic E-state index is 0.212. The van der Waals surface area contributed by atoms with Crippen LogP contribution in [0.4, 0.5) is 0 Å². The third-order valence-electron chi connectivity index (χ3n) is 4.31. The molecule has 0 radical (unpaired) electrons. The van der Waals surface area contributed by atoms with E-state index in [9.17, 15) is 4.79 Å². The summed E-state index contributed by atoms with van der Waals surface area (Å²) in [5.41, 5.74) is 1.89. The van der Waals surface area contributed by atoms with Gasteiger partial charge in [-0.2, -0.15) is 0 Å². The first-order valence-corrected chi connectivity index (χ1v) is 9.58. The van der Waals surface area contributed by atoms with Gasteiger partial charge in [-0.25, -0.2) is 0 Å². The molecule has 140 valence electrons. The van der Waals surface area contributed by atoms with E-state index in [-0.39, 0.29) is 18.3 Å². The highest BCUT2D eigenvalue weighted by Crippen LogP contribution is 2.30. The standard InChI is InChI=1S/C22H22O4S/c1-15-10-20(24-2)21(25-3)12-18(15)13-26-22(23)14-27-19-9-8-16-6-4-5-7-17(16)11-19/h4-12H,13-14H2,1-3H3. The number of rotatable bonds is 7. The predicted molar refractivity (Wildman–Crippen MR) is 109 cm³/mol. The minimum atomic E-state index is -0.248. The first-order chi connectivity index (χ1) is 13.1. The molecule has 0 aromatic heterocycles. The molecule has 3 rings (SSSR count). The molecule has 0 heterocycles. The van der Waals surface area contributed by atoms with Gasteiger partial charge >= 0.3 is 5.97 Å². The lowest BCUT2D eigenvalue weighted by Crippen LogP contribution is -2.08. The van der Waals surface area contributed by atoms with Crippen LogP contribution in [0.3, 0.4) is 0 Å². The molecule has 3 aromatic rings. The molecule has 0 spiro atoms. The largest absolute Gasteiger partial charge is 0.493 e. The van der Waals surface area contributed by atoms with Crippen LogP contribution in [0.5, 0.6) is 11.5 Å². The van der Waals surface area contributed by atoms with E-state index in [0.29, 0.717) is 11.5 Å². The van der Waals surface area contributed by atoms with E-state index < -0.39 is 0 Å². The first-order valence-electron chi connectivity index (χ1n) is 8.59. The van der Waals surface area contributed by atoms with Gasteiger partial charge in [0.2, 0.25) is 0 Å². The Bertz CT molecular complexity index is 952. The highest BCUT2D eigenvalue weighted by Gasteiger charge is 2.11. The van der Waals surface area contributed by atoms with Crippen LogP contribution in [0.25, 0.3) is 10.8 Å². The number of ether oxygens (including phenoxy) is 3. The molecule has 0 atom stereocenters. The maximum atomic E-state index is 12.1. The van der Waals surface area contributed by atoms with Crippen molar-refractivity contribution in [2.45, 2.75) is 18.4 Å². The summed E-state index contributed by atoms with van der Waals surface area (Å²) in [7, 11) is 3.18. The van der Waals surface area contributed by atoms with Crippen molar-refractivity contribution in [3.8, 4) is 11.5 Å². The van der Waals surface area contributed by atoms with Gasteiger partial charge in [0.25, 0.3) is 0 Å². The average molecular weight is 382 g/mol. The fraction of sp³-hybridized carbons (Fsp3) is 0.227. The molecular formula is C22H22O4S. The maximum Gasteiger partial charge on any atom is 0.316 e. The summed E-state index contributed by atoms with van der Waals surface area (Å²) in [5.74, 6) is 1.31. The molecule has 3 aromatic carbocycles. The molecule has 5 heteroatoms. The molecule has 0 saturated heterocycles. The Labute approximate surface area is 163 Å². The lowest BCUT2D eigenvalue weighted by atomic mass is 10.1. The number of methoxy groups -OCH3 is 2. The minimum Gasteiger partial charge on any atom is -0.493 e. The second kappa shape index (κ2) is 8.82. The number of hydrogen-bond acceptors (Lipinski definition) is 5. The van der Waals surface area contributed by atoms with Crippen LogP contribution < -0.4 is 9.47 Å². The van der Waals surface area contributed by atoms with Crippen molar-refractivity contribution in [2.24, 2.45) is 0 Å². The number of esters is 1. The van der Waals surface area contributed by atoms with E-state index in [1.54, 1.807) is 14.2 Å². The number of fused-ring (bicyclic) bond motifs is 1. The molecule has 0 unspecified atom stereocenters. The molecule has 0 aliphatic carbocycles. The Hall–Kier alpha value is -2.66. The summed E-state index contributed by atoms with van der Waals surface area (Å²) in [4.78, 5) is 13.2. The van der Waals surface area contributed by atoms with Crippen LogP contribution in [0.2, 0.25) is 0 Å². The fourth-order valence-corrected chi connectivity index (χ4v) is 3.52. The van der Waals surface area contributed by atoms with Crippen molar-refractivity contribution in [1.82, 2.24) is 0 Å². The molecule has 0 aliphatic rings. The van der Waals surface area contributed by atoms with Crippen molar-refractivity contribution < 1.29 is 19.0 Å². The van der Waals surface area contributed by atoms with Gasteiger partial charge in [-0.1, -0.05) is 30.3 Å². The molecule has 0 bridgehead atoms. The van der Waals surface area contributed by atoms with Crippen molar-refractivity contribution in [3.05, 3.63) is 65.7 Å². The Kier molecular flexibility index (Phi) is 6.24. The van der Waals surface area contributed by atoms with Crippen molar-refractivity contribution in [3.63, 3.8) is 0 Å². The van der Waals surface area contributed by atoms with Gasteiger partial charge in [0, 0.05) is 4.90 Å². The number of benzene rings is 3. The van der Waals surface area contributed by atoms with Gasteiger partial charge in [0.05, 0.1) is 20.0 Å². The molecule has 4 nitrogen and oxygen atoms in total. The van der Waals surface area contributed by atoms with Crippen molar-refractivity contribution in [2.75, 3.05) is 20.0 Å². The first kappa shape index (κ1) is 19.1. The molecule has 0 amide bonds. The summed E-state index contributed by atoms with van der Waals surface area (Å²) in [6.07, 6.45) is 0. The smallest absolute Gasteiger partial charge is 0.316 e. The molecule has 0 N–H and O–H groups in total. The molecule has 0 aliphatic heterocycles. The third kappa shape index (κ3) is 4.74. The van der Waals surface area contributed by atoms with Gasteiger partial charge in [0.1, 0.15) is 6.61 Å². The topological polar surface area (TPSA) is 44.8 Å². The van der Waals surface area contributed by atoms with Gasteiger partial charge in [-0.05, 0) is 53.1 Å². The Morgan fingerprint density at radius 1 is 0.926 bits per heavy atom. The lowest BCUT2D eigenvalue weighted by Gasteiger charge is -2.13. The summed E-state index contributed by atoms with van der Waals surface area (Å²) in [6, 6.07) is 18.1. The Morgan fingerprint density at radius 3 is 2.37 bits per heavy atom. The number of carbonyl (C=O) groups excluding carboxylic acids is 1. The van der Waals surface area contributed by atoms with E-state index in [2.05, 4.69) is 24.3 Å². The normalized spacial score (nSPS) is 10.6. The van der Waals surface area contributed by atoms with E-state index in [0.717, 1.165) is 21.4 Å². The fourth-order valence-electron chi connectivity index (χ4n) is 2.78. The summed E-state index contributed by atoms with van der Waals surface area (Å²) in [5, 5.41) is 2.35. The maximum absolute atomic E-state index is 12.1. The SMILES string of the molecule is COc1cc(C)c(COC(=O)CSc2ccc3ccccc3c2)cc1OC. The summed E-state index contributed by atoms with van der Waals surface area (Å²) >= 11 is 1.48. The summed E-state index contributed by atoms with van der Waals surface area (Å²) < 4.78 is 16.0. The quantitative estimate of drug-likeness (QED) is 0.425. The summed E-state index contributed by atoms with van der Waals surface area (Å²) in [6.45, 7) is 2.16. The van der Waals surface area contributed by atoms with Crippen molar-refractivity contribution in [1.29, 1.82) is 0 Å². The number of thioether (sulfide) groups is 1. The molecule has 0 saturated carbocycles. The lowest BCUT2D eigenvalue weighted by molar-refractivity contribution is -0.141. The molecule has 27 heavy (non-hydrogen) atoms. The number of hydrogen-bond donors (Lipinski definition) is 0. The van der Waals surface area contributed by atoms with Gasteiger partial charge in [0.15, 0.2) is 11.5 Å². The van der Waals surface area contributed by atoms with Gasteiger partial charge < -0.3 is 14.2 Å². The van der Waals surface area contributed by atoms with E-state index >= 15 is 0 Å².